The summed E-state index contributed by atoms with van der Waals surface area (Å²) in [5, 5.41) is 4.82. The molecule has 0 aliphatic rings. The topological polar surface area (TPSA) is 112 Å². The zero-order chi connectivity index (χ0) is 21.1. The lowest BCUT2D eigenvalue weighted by atomic mass is 10.2. The Kier molecular flexibility index (Phi) is 5.44. The van der Waals surface area contributed by atoms with Crippen LogP contribution in [0.3, 0.4) is 0 Å². The first-order valence-corrected chi connectivity index (χ1v) is 10.1. The number of carbonyl (C=O) groups excluding carboxylic acids is 2. The molecule has 9 heteroatoms. The van der Waals surface area contributed by atoms with Gasteiger partial charge in [0, 0.05) is 23.3 Å². The molecule has 0 spiro atoms. The Morgan fingerprint density at radius 1 is 1.10 bits per heavy atom. The number of fused-ring (bicyclic) bond motifs is 1. The molecule has 1 aromatic carbocycles. The molecule has 8 nitrogen and oxygen atoms in total. The fraction of sp³-hybridized carbons (Fsp3) is 0.143. The minimum atomic E-state index is -0.465. The van der Waals surface area contributed by atoms with Crippen molar-refractivity contribution in [1.82, 2.24) is 14.4 Å². The Hall–Kier alpha value is -3.72. The summed E-state index contributed by atoms with van der Waals surface area (Å²) in [4.78, 5) is 32.0. The lowest BCUT2D eigenvalue weighted by Crippen LogP contribution is -2.14. The number of thiazole rings is 1. The second kappa shape index (κ2) is 8.34. The van der Waals surface area contributed by atoms with Crippen LogP contribution in [-0.2, 0) is 17.8 Å². The Labute approximate surface area is 176 Å². The minimum absolute atomic E-state index is 0.0460. The molecule has 0 atom stereocenters. The third-order valence-corrected chi connectivity index (χ3v) is 5.09. The van der Waals surface area contributed by atoms with Crippen molar-refractivity contribution in [3.63, 3.8) is 0 Å². The number of pyridine rings is 1. The molecule has 0 aliphatic carbocycles. The highest BCUT2D eigenvalue weighted by Gasteiger charge is 2.11. The predicted molar refractivity (Wildman–Crippen MR) is 114 cm³/mol. The first-order chi connectivity index (χ1) is 14.5. The zero-order valence-electron chi connectivity index (χ0n) is 16.2. The number of imidazole rings is 1. The molecule has 30 heavy (non-hydrogen) atoms. The molecule has 3 aromatic heterocycles. The summed E-state index contributed by atoms with van der Waals surface area (Å²) in [5.41, 5.74) is 9.00. The van der Waals surface area contributed by atoms with E-state index in [0.29, 0.717) is 28.7 Å². The highest BCUT2D eigenvalue weighted by atomic mass is 32.1. The number of benzene rings is 1. The van der Waals surface area contributed by atoms with Gasteiger partial charge in [-0.3, -0.25) is 14.9 Å². The number of ether oxygens (including phenoxy) is 1. The number of nitrogens with one attached hydrogen (secondary N) is 1. The van der Waals surface area contributed by atoms with Gasteiger partial charge in [0.05, 0.1) is 17.8 Å². The van der Waals surface area contributed by atoms with Gasteiger partial charge < -0.3 is 14.9 Å². The Morgan fingerprint density at radius 2 is 1.90 bits per heavy atom. The van der Waals surface area contributed by atoms with Gasteiger partial charge in [0.25, 0.3) is 5.91 Å². The lowest BCUT2D eigenvalue weighted by Gasteiger charge is -2.06. The molecule has 152 valence electrons. The van der Waals surface area contributed by atoms with E-state index in [4.69, 9.17) is 10.5 Å². The first-order valence-electron chi connectivity index (χ1n) is 9.17. The quantitative estimate of drug-likeness (QED) is 0.476. The van der Waals surface area contributed by atoms with Gasteiger partial charge >= 0.3 is 0 Å². The predicted octanol–water partition coefficient (Wildman–Crippen LogP) is 2.96. The van der Waals surface area contributed by atoms with Gasteiger partial charge in [-0.15, -0.1) is 11.3 Å². The molecule has 3 N–H and O–H groups in total. The van der Waals surface area contributed by atoms with Gasteiger partial charge in [-0.2, -0.15) is 0 Å². The van der Waals surface area contributed by atoms with Crippen LogP contribution in [-0.4, -0.2) is 26.2 Å². The highest BCUT2D eigenvalue weighted by molar-refractivity contribution is 7.14. The summed E-state index contributed by atoms with van der Waals surface area (Å²) in [6, 6.07) is 10.8. The molecular weight excluding hydrogens is 402 g/mol. The lowest BCUT2D eigenvalue weighted by molar-refractivity contribution is -0.117. The normalized spacial score (nSPS) is 10.8. The molecule has 4 rings (SSSR count). The Morgan fingerprint density at radius 3 is 2.67 bits per heavy atom. The molecule has 4 aromatic rings. The smallest absolute Gasteiger partial charge is 0.257 e. The van der Waals surface area contributed by atoms with Gasteiger partial charge in [0.1, 0.15) is 18.0 Å². The van der Waals surface area contributed by atoms with Gasteiger partial charge in [-0.1, -0.05) is 6.07 Å². The van der Waals surface area contributed by atoms with Crippen molar-refractivity contribution < 1.29 is 14.3 Å². The van der Waals surface area contributed by atoms with Gasteiger partial charge in [0.2, 0.25) is 5.91 Å². The Balaban J connectivity index is 1.35. The van der Waals surface area contributed by atoms with Crippen molar-refractivity contribution in [3.8, 4) is 5.75 Å². The van der Waals surface area contributed by atoms with Gasteiger partial charge in [0.15, 0.2) is 5.13 Å². The number of aromatic nitrogens is 3. The van der Waals surface area contributed by atoms with Crippen LogP contribution in [0.25, 0.3) is 5.65 Å². The summed E-state index contributed by atoms with van der Waals surface area (Å²) < 4.78 is 7.75. The van der Waals surface area contributed by atoms with Crippen LogP contribution in [0, 0.1) is 6.92 Å². The fourth-order valence-corrected chi connectivity index (χ4v) is 3.58. The molecule has 0 unspecified atom stereocenters. The van der Waals surface area contributed by atoms with E-state index in [2.05, 4.69) is 15.3 Å². The van der Waals surface area contributed by atoms with Crippen LogP contribution in [0.15, 0.2) is 54.2 Å². The molecule has 0 saturated heterocycles. The minimum Gasteiger partial charge on any atom is -0.487 e. The van der Waals surface area contributed by atoms with E-state index in [1.54, 1.807) is 29.6 Å². The zero-order valence-corrected chi connectivity index (χ0v) is 17.0. The number of aryl methyl sites for hydroxylation is 1. The number of nitrogens with zero attached hydrogens (tertiary/aromatic N) is 3. The average molecular weight is 421 g/mol. The van der Waals surface area contributed by atoms with Crippen LogP contribution < -0.4 is 15.8 Å². The van der Waals surface area contributed by atoms with Gasteiger partial charge in [-0.25, -0.2) is 9.97 Å². The Bertz CT molecular complexity index is 1210. The maximum atomic E-state index is 12.4. The van der Waals surface area contributed by atoms with Crippen molar-refractivity contribution in [1.29, 1.82) is 0 Å². The van der Waals surface area contributed by atoms with E-state index in [1.807, 2.05) is 35.9 Å². The van der Waals surface area contributed by atoms with E-state index >= 15 is 0 Å². The second-order valence-corrected chi connectivity index (χ2v) is 7.62. The fourth-order valence-electron chi connectivity index (χ4n) is 2.88. The van der Waals surface area contributed by atoms with Crippen molar-refractivity contribution >= 4 is 33.9 Å². The molecule has 3 heterocycles. The van der Waals surface area contributed by atoms with Crippen molar-refractivity contribution in [2.24, 2.45) is 5.73 Å². The maximum Gasteiger partial charge on any atom is 0.257 e. The summed E-state index contributed by atoms with van der Waals surface area (Å²) in [5.74, 6) is -0.123. The number of primary amides is 1. The number of amides is 2. The summed E-state index contributed by atoms with van der Waals surface area (Å²) in [6.45, 7) is 2.36. The van der Waals surface area contributed by atoms with Crippen LogP contribution in [0.5, 0.6) is 5.75 Å². The third-order valence-electron chi connectivity index (χ3n) is 4.28. The van der Waals surface area contributed by atoms with Gasteiger partial charge in [-0.05, 0) is 42.8 Å². The molecule has 0 fully saturated rings. The van der Waals surface area contributed by atoms with Crippen molar-refractivity contribution in [2.45, 2.75) is 20.0 Å². The first kappa shape index (κ1) is 19.6. The SMILES string of the molecule is Cc1ccc2nc(COc3ccc(C(=O)Nc4nc(CC(N)=O)cs4)cc3)cn2c1. The average Bonchev–Trinajstić information content (AvgIpc) is 3.32. The molecule has 2 amide bonds. The van der Waals surface area contributed by atoms with Crippen LogP contribution in [0.2, 0.25) is 0 Å². The monoisotopic (exact) mass is 421 g/mol. The summed E-state index contributed by atoms with van der Waals surface area (Å²) in [7, 11) is 0. The number of nitrogens with two attached hydrogens (primary N) is 1. The number of carbonyl (C=O) groups is 2. The van der Waals surface area contributed by atoms with Crippen LogP contribution in [0.4, 0.5) is 5.13 Å². The number of hydrogen-bond acceptors (Lipinski definition) is 6. The maximum absolute atomic E-state index is 12.4. The number of anilines is 1. The van der Waals surface area contributed by atoms with Crippen LogP contribution >= 0.6 is 11.3 Å². The van der Waals surface area contributed by atoms with Crippen molar-refractivity contribution in [3.05, 3.63) is 76.7 Å². The largest absolute Gasteiger partial charge is 0.487 e. The van der Waals surface area contributed by atoms with E-state index in [0.717, 1.165) is 16.9 Å². The third kappa shape index (κ3) is 4.64. The molecule has 0 saturated carbocycles. The van der Waals surface area contributed by atoms with E-state index in [-0.39, 0.29) is 12.3 Å². The summed E-state index contributed by atoms with van der Waals surface area (Å²) in [6.07, 6.45) is 3.99. The van der Waals surface area contributed by atoms with E-state index in [9.17, 15) is 9.59 Å². The van der Waals surface area contributed by atoms with E-state index < -0.39 is 5.91 Å². The molecular formula is C21H19N5O3S. The molecule has 0 bridgehead atoms. The highest BCUT2D eigenvalue weighted by Crippen LogP contribution is 2.19. The molecule has 0 radical (unpaired) electrons. The number of rotatable bonds is 7. The van der Waals surface area contributed by atoms with E-state index in [1.165, 1.54) is 11.3 Å². The summed E-state index contributed by atoms with van der Waals surface area (Å²) >= 11 is 1.24. The second-order valence-electron chi connectivity index (χ2n) is 6.76. The molecule has 0 aliphatic heterocycles. The van der Waals surface area contributed by atoms with Crippen LogP contribution in [0.1, 0.15) is 27.3 Å². The standard InChI is InChI=1S/C21H19N5O3S/c1-13-2-7-19-23-16(10-26(19)9-13)11-29-17-5-3-14(4-6-17)20(28)25-21-24-15(12-30-21)8-18(22)27/h2-7,9-10,12H,8,11H2,1H3,(H2,22,27)(H,24,25,28). The number of hydrogen-bond donors (Lipinski definition) is 2. The van der Waals surface area contributed by atoms with Crippen molar-refractivity contribution in [2.75, 3.05) is 5.32 Å².